The third kappa shape index (κ3) is 3.05. The maximum atomic E-state index is 12.6. The summed E-state index contributed by atoms with van der Waals surface area (Å²) in [7, 11) is 0. The van der Waals surface area contributed by atoms with E-state index in [9.17, 15) is 9.59 Å². The van der Waals surface area contributed by atoms with Crippen LogP contribution in [0.1, 0.15) is 43.2 Å². The molecule has 23 heavy (non-hydrogen) atoms. The molecule has 0 unspecified atom stereocenters. The first kappa shape index (κ1) is 15.8. The van der Waals surface area contributed by atoms with Gasteiger partial charge in [0.1, 0.15) is 17.9 Å². The molecule has 0 aromatic heterocycles. The van der Waals surface area contributed by atoms with Crippen LogP contribution in [0.3, 0.4) is 0 Å². The van der Waals surface area contributed by atoms with Crippen molar-refractivity contribution in [1.82, 2.24) is 10.2 Å². The molecule has 1 saturated carbocycles. The summed E-state index contributed by atoms with van der Waals surface area (Å²) in [6.07, 6.45) is 4.65. The standard InChI is InChI=1S/C18H24N2O3/c1-13-6-7-14(2)15(12-13)23-11-10-20-16(21)18(19-17(20)22)8-4-3-5-9-18/h6-7,12H,3-5,8-11H2,1-2H3,(H,19,22). The number of nitrogens with one attached hydrogen (secondary N) is 1. The number of hydrogen-bond acceptors (Lipinski definition) is 3. The second-order valence-electron chi connectivity index (χ2n) is 6.65. The Kier molecular flexibility index (Phi) is 4.28. The topological polar surface area (TPSA) is 58.6 Å². The van der Waals surface area contributed by atoms with Crippen LogP contribution in [0.4, 0.5) is 4.79 Å². The van der Waals surface area contributed by atoms with E-state index < -0.39 is 5.54 Å². The minimum atomic E-state index is -0.644. The summed E-state index contributed by atoms with van der Waals surface area (Å²) in [5, 5.41) is 2.92. The Balaban J connectivity index is 1.61. The molecule has 1 aromatic rings. The van der Waals surface area contributed by atoms with E-state index in [2.05, 4.69) is 5.32 Å². The van der Waals surface area contributed by atoms with Gasteiger partial charge < -0.3 is 10.1 Å². The number of aryl methyl sites for hydroxylation is 2. The highest BCUT2D eigenvalue weighted by molar-refractivity contribution is 6.07. The van der Waals surface area contributed by atoms with Gasteiger partial charge in [0.25, 0.3) is 5.91 Å². The first-order valence-electron chi connectivity index (χ1n) is 8.36. The zero-order chi connectivity index (χ0) is 16.4. The first-order valence-corrected chi connectivity index (χ1v) is 8.36. The molecule has 0 atom stereocenters. The van der Waals surface area contributed by atoms with E-state index in [4.69, 9.17) is 4.74 Å². The van der Waals surface area contributed by atoms with Crippen LogP contribution >= 0.6 is 0 Å². The van der Waals surface area contributed by atoms with Crippen molar-refractivity contribution >= 4 is 11.9 Å². The number of carbonyl (C=O) groups is 2. The number of hydrogen-bond donors (Lipinski definition) is 1. The van der Waals surface area contributed by atoms with Gasteiger partial charge in [-0.25, -0.2) is 4.79 Å². The van der Waals surface area contributed by atoms with Gasteiger partial charge in [0.15, 0.2) is 0 Å². The van der Waals surface area contributed by atoms with Gasteiger partial charge in [-0.05, 0) is 43.9 Å². The minimum Gasteiger partial charge on any atom is -0.491 e. The van der Waals surface area contributed by atoms with E-state index in [0.717, 1.165) is 49.0 Å². The van der Waals surface area contributed by atoms with Gasteiger partial charge in [0, 0.05) is 0 Å². The second kappa shape index (κ2) is 6.22. The molecule has 1 saturated heterocycles. The monoisotopic (exact) mass is 316 g/mol. The summed E-state index contributed by atoms with van der Waals surface area (Å²) >= 11 is 0. The van der Waals surface area contributed by atoms with Crippen molar-refractivity contribution in [1.29, 1.82) is 0 Å². The van der Waals surface area contributed by atoms with Crippen LogP contribution in [-0.2, 0) is 4.79 Å². The summed E-state index contributed by atoms with van der Waals surface area (Å²) < 4.78 is 5.78. The summed E-state index contributed by atoms with van der Waals surface area (Å²) in [6.45, 7) is 4.61. The lowest BCUT2D eigenvalue weighted by molar-refractivity contribution is -0.132. The Hall–Kier alpha value is -2.04. The SMILES string of the molecule is Cc1ccc(C)c(OCCN2C(=O)NC3(CCCCC3)C2=O)c1. The number of imide groups is 1. The van der Waals surface area contributed by atoms with Gasteiger partial charge in [-0.1, -0.05) is 31.4 Å². The maximum Gasteiger partial charge on any atom is 0.325 e. The third-order valence-electron chi connectivity index (χ3n) is 4.87. The summed E-state index contributed by atoms with van der Waals surface area (Å²) in [5.41, 5.74) is 1.53. The van der Waals surface area contributed by atoms with Crippen LogP contribution in [-0.4, -0.2) is 35.5 Å². The average molecular weight is 316 g/mol. The smallest absolute Gasteiger partial charge is 0.325 e. The van der Waals surface area contributed by atoms with Crippen molar-refractivity contribution in [2.75, 3.05) is 13.2 Å². The van der Waals surface area contributed by atoms with E-state index in [0.29, 0.717) is 13.2 Å². The van der Waals surface area contributed by atoms with Crippen molar-refractivity contribution in [3.05, 3.63) is 29.3 Å². The Morgan fingerprint density at radius 1 is 1.17 bits per heavy atom. The molecule has 124 valence electrons. The fourth-order valence-corrected chi connectivity index (χ4v) is 3.48. The molecule has 1 aliphatic heterocycles. The molecule has 1 heterocycles. The lowest BCUT2D eigenvalue weighted by atomic mass is 9.82. The number of rotatable bonds is 4. The van der Waals surface area contributed by atoms with Gasteiger partial charge in [-0.15, -0.1) is 0 Å². The van der Waals surface area contributed by atoms with Crippen LogP contribution in [0.2, 0.25) is 0 Å². The first-order chi connectivity index (χ1) is 11.0. The zero-order valence-corrected chi connectivity index (χ0v) is 13.9. The highest BCUT2D eigenvalue weighted by Gasteiger charge is 2.50. The van der Waals surface area contributed by atoms with Crippen LogP contribution in [0.5, 0.6) is 5.75 Å². The molecule has 0 radical (unpaired) electrons. The van der Waals surface area contributed by atoms with E-state index in [1.807, 2.05) is 32.0 Å². The number of ether oxygens (including phenoxy) is 1. The quantitative estimate of drug-likeness (QED) is 0.869. The van der Waals surface area contributed by atoms with Crippen LogP contribution < -0.4 is 10.1 Å². The van der Waals surface area contributed by atoms with Crippen molar-refractivity contribution in [3.63, 3.8) is 0 Å². The zero-order valence-electron chi connectivity index (χ0n) is 13.9. The van der Waals surface area contributed by atoms with Crippen molar-refractivity contribution in [2.24, 2.45) is 0 Å². The fraction of sp³-hybridized carbons (Fsp3) is 0.556. The molecular weight excluding hydrogens is 292 g/mol. The summed E-state index contributed by atoms with van der Waals surface area (Å²) in [5.74, 6) is 0.733. The van der Waals surface area contributed by atoms with Gasteiger partial charge in [0.05, 0.1) is 6.54 Å². The van der Waals surface area contributed by atoms with Crippen molar-refractivity contribution in [3.8, 4) is 5.75 Å². The molecule has 1 N–H and O–H groups in total. The highest BCUT2D eigenvalue weighted by atomic mass is 16.5. The molecule has 1 aliphatic carbocycles. The average Bonchev–Trinajstić information content (AvgIpc) is 2.75. The summed E-state index contributed by atoms with van der Waals surface area (Å²) in [6, 6.07) is 5.74. The molecule has 0 bridgehead atoms. The Labute approximate surface area is 137 Å². The molecular formula is C18H24N2O3. The van der Waals surface area contributed by atoms with E-state index in [1.165, 1.54) is 4.90 Å². The molecule has 2 aliphatic rings. The third-order valence-corrected chi connectivity index (χ3v) is 4.87. The predicted molar refractivity (Wildman–Crippen MR) is 87.5 cm³/mol. The molecule has 1 spiro atoms. The number of nitrogens with zero attached hydrogens (tertiary/aromatic N) is 1. The fourth-order valence-electron chi connectivity index (χ4n) is 3.48. The molecule has 1 aromatic carbocycles. The van der Waals surface area contributed by atoms with Gasteiger partial charge in [-0.3, -0.25) is 9.69 Å². The van der Waals surface area contributed by atoms with Crippen molar-refractivity contribution < 1.29 is 14.3 Å². The van der Waals surface area contributed by atoms with E-state index in [1.54, 1.807) is 0 Å². The summed E-state index contributed by atoms with van der Waals surface area (Å²) in [4.78, 5) is 26.1. The number of benzene rings is 1. The largest absolute Gasteiger partial charge is 0.491 e. The highest BCUT2D eigenvalue weighted by Crippen LogP contribution is 2.33. The predicted octanol–water partition coefficient (Wildman–Crippen LogP) is 2.94. The Morgan fingerprint density at radius 3 is 2.65 bits per heavy atom. The normalized spacial score (nSPS) is 20.0. The van der Waals surface area contributed by atoms with Crippen LogP contribution in [0.25, 0.3) is 0 Å². The molecule has 2 fully saturated rings. The van der Waals surface area contributed by atoms with Crippen molar-refractivity contribution in [2.45, 2.75) is 51.5 Å². The van der Waals surface area contributed by atoms with E-state index >= 15 is 0 Å². The van der Waals surface area contributed by atoms with Crippen LogP contribution in [0, 0.1) is 13.8 Å². The van der Waals surface area contributed by atoms with Gasteiger partial charge in [-0.2, -0.15) is 0 Å². The lowest BCUT2D eigenvalue weighted by Gasteiger charge is -2.30. The molecule has 5 nitrogen and oxygen atoms in total. The Bertz CT molecular complexity index is 621. The van der Waals surface area contributed by atoms with E-state index in [-0.39, 0.29) is 11.9 Å². The number of urea groups is 1. The molecule has 3 rings (SSSR count). The molecule has 3 amide bonds. The Morgan fingerprint density at radius 2 is 1.91 bits per heavy atom. The van der Waals surface area contributed by atoms with Crippen LogP contribution in [0.15, 0.2) is 18.2 Å². The number of amides is 3. The molecule has 5 heteroatoms. The minimum absolute atomic E-state index is 0.0771. The second-order valence-corrected chi connectivity index (χ2v) is 6.65. The van der Waals surface area contributed by atoms with Gasteiger partial charge >= 0.3 is 6.03 Å². The van der Waals surface area contributed by atoms with Gasteiger partial charge in [0.2, 0.25) is 0 Å². The maximum absolute atomic E-state index is 12.6. The number of carbonyl (C=O) groups excluding carboxylic acids is 2. The lowest BCUT2D eigenvalue weighted by Crippen LogP contribution is -2.48.